The van der Waals surface area contributed by atoms with Gasteiger partial charge in [0, 0.05) is 0 Å². The van der Waals surface area contributed by atoms with Gasteiger partial charge in [-0.3, -0.25) is 0 Å². The molecule has 0 amide bonds. The smallest absolute Gasteiger partial charge is 0.251 e. The standard InChI is InChI=1S/C10H18OSi/c1-6-10(5)11-12(7-2,8-3)9-4/h1H,5,7-9H2,2-4H3. The van der Waals surface area contributed by atoms with Crippen LogP contribution in [0.4, 0.5) is 0 Å². The lowest BCUT2D eigenvalue weighted by atomic mass is 10.6. The van der Waals surface area contributed by atoms with Gasteiger partial charge in [-0.15, -0.1) is 6.42 Å². The van der Waals surface area contributed by atoms with E-state index in [0.717, 1.165) is 18.1 Å². The Morgan fingerprint density at radius 2 is 1.75 bits per heavy atom. The second-order valence-corrected chi connectivity index (χ2v) is 7.60. The number of hydrogen-bond acceptors (Lipinski definition) is 1. The Hall–Kier alpha value is -0.683. The van der Waals surface area contributed by atoms with Crippen LogP contribution >= 0.6 is 0 Å². The fourth-order valence-corrected chi connectivity index (χ4v) is 3.77. The molecular weight excluding hydrogens is 164 g/mol. The van der Waals surface area contributed by atoms with E-state index in [1.807, 2.05) is 0 Å². The van der Waals surface area contributed by atoms with Crippen LogP contribution in [0.15, 0.2) is 12.3 Å². The van der Waals surface area contributed by atoms with Gasteiger partial charge in [0.1, 0.15) is 5.76 Å². The van der Waals surface area contributed by atoms with E-state index in [-0.39, 0.29) is 0 Å². The molecule has 0 spiro atoms. The summed E-state index contributed by atoms with van der Waals surface area (Å²) < 4.78 is 5.74. The fourth-order valence-electron chi connectivity index (χ4n) is 1.26. The minimum absolute atomic E-state index is 0.507. The third kappa shape index (κ3) is 2.75. The average molecular weight is 182 g/mol. The molecule has 0 aliphatic rings. The highest BCUT2D eigenvalue weighted by atomic mass is 28.4. The van der Waals surface area contributed by atoms with E-state index < -0.39 is 8.32 Å². The lowest BCUT2D eigenvalue weighted by Gasteiger charge is -2.28. The lowest BCUT2D eigenvalue weighted by molar-refractivity contribution is 0.430. The molecule has 1 nitrogen and oxygen atoms in total. The van der Waals surface area contributed by atoms with Gasteiger partial charge in [0.15, 0.2) is 0 Å². The molecule has 0 fully saturated rings. The van der Waals surface area contributed by atoms with E-state index in [2.05, 4.69) is 33.3 Å². The Balaban J connectivity index is 4.32. The van der Waals surface area contributed by atoms with Crippen LogP contribution in [-0.2, 0) is 4.43 Å². The normalized spacial score (nSPS) is 10.5. The predicted molar refractivity (Wildman–Crippen MR) is 56.3 cm³/mol. The SMILES string of the molecule is C#CC(=C)O[Si](CC)(CC)CC. The predicted octanol–water partition coefficient (Wildman–Crippen LogP) is 3.16. The molecule has 0 rings (SSSR count). The Kier molecular flexibility index (Phi) is 4.76. The van der Waals surface area contributed by atoms with E-state index in [1.165, 1.54) is 0 Å². The van der Waals surface area contributed by atoms with Crippen LogP contribution in [0.3, 0.4) is 0 Å². The first-order valence-corrected chi connectivity index (χ1v) is 7.01. The zero-order chi connectivity index (χ0) is 9.61. The molecule has 0 aliphatic carbocycles. The Morgan fingerprint density at radius 3 is 2.00 bits per heavy atom. The molecule has 2 heteroatoms. The molecule has 0 aromatic carbocycles. The third-order valence-electron chi connectivity index (χ3n) is 2.43. The van der Waals surface area contributed by atoms with E-state index in [4.69, 9.17) is 10.8 Å². The van der Waals surface area contributed by atoms with Crippen LogP contribution in [0.5, 0.6) is 0 Å². The maximum Gasteiger partial charge on any atom is 0.251 e. The summed E-state index contributed by atoms with van der Waals surface area (Å²) in [5.41, 5.74) is 0. The van der Waals surface area contributed by atoms with Crippen LogP contribution in [0.2, 0.25) is 18.1 Å². The average Bonchev–Trinajstić information content (AvgIpc) is 2.14. The van der Waals surface area contributed by atoms with Crippen molar-refractivity contribution < 1.29 is 4.43 Å². The molecule has 0 saturated heterocycles. The topological polar surface area (TPSA) is 9.23 Å². The third-order valence-corrected chi connectivity index (χ3v) is 6.98. The van der Waals surface area contributed by atoms with Crippen LogP contribution in [0.25, 0.3) is 0 Å². The molecule has 0 saturated carbocycles. The first kappa shape index (κ1) is 11.3. The first-order valence-electron chi connectivity index (χ1n) is 4.48. The van der Waals surface area contributed by atoms with Crippen molar-refractivity contribution in [2.75, 3.05) is 0 Å². The molecule has 0 atom stereocenters. The fraction of sp³-hybridized carbons (Fsp3) is 0.600. The van der Waals surface area contributed by atoms with Crippen molar-refractivity contribution in [3.05, 3.63) is 12.3 Å². The molecule has 0 bridgehead atoms. The Bertz CT molecular complexity index is 178. The van der Waals surface area contributed by atoms with Crippen molar-refractivity contribution in [2.45, 2.75) is 38.9 Å². The maximum atomic E-state index is 5.74. The Labute approximate surface area is 77.0 Å². The van der Waals surface area contributed by atoms with Crippen molar-refractivity contribution in [2.24, 2.45) is 0 Å². The Morgan fingerprint density at radius 1 is 1.33 bits per heavy atom. The van der Waals surface area contributed by atoms with Crippen LogP contribution in [0, 0.1) is 12.3 Å². The van der Waals surface area contributed by atoms with Crippen molar-refractivity contribution in [1.29, 1.82) is 0 Å². The number of hydrogen-bond donors (Lipinski definition) is 0. The maximum absolute atomic E-state index is 5.74. The van der Waals surface area contributed by atoms with Gasteiger partial charge in [0.2, 0.25) is 0 Å². The van der Waals surface area contributed by atoms with Crippen molar-refractivity contribution >= 4 is 8.32 Å². The minimum atomic E-state index is -1.54. The molecule has 0 N–H and O–H groups in total. The van der Waals surface area contributed by atoms with Gasteiger partial charge in [0.25, 0.3) is 8.32 Å². The van der Waals surface area contributed by atoms with Gasteiger partial charge >= 0.3 is 0 Å². The summed E-state index contributed by atoms with van der Waals surface area (Å²) in [5, 5.41) is 0. The number of allylic oxidation sites excluding steroid dienone is 1. The lowest BCUT2D eigenvalue weighted by Crippen LogP contribution is -2.34. The monoisotopic (exact) mass is 182 g/mol. The quantitative estimate of drug-likeness (QED) is 0.360. The molecule has 68 valence electrons. The zero-order valence-electron chi connectivity index (χ0n) is 8.31. The van der Waals surface area contributed by atoms with Gasteiger partial charge in [-0.2, -0.15) is 0 Å². The van der Waals surface area contributed by atoms with Gasteiger partial charge in [0.05, 0.1) is 0 Å². The highest BCUT2D eigenvalue weighted by molar-refractivity contribution is 6.73. The highest BCUT2D eigenvalue weighted by Gasteiger charge is 2.30. The number of rotatable bonds is 5. The summed E-state index contributed by atoms with van der Waals surface area (Å²) in [6.45, 7) is 10.2. The van der Waals surface area contributed by atoms with E-state index in [1.54, 1.807) is 0 Å². The minimum Gasteiger partial charge on any atom is -0.538 e. The van der Waals surface area contributed by atoms with Crippen LogP contribution < -0.4 is 0 Å². The van der Waals surface area contributed by atoms with E-state index in [0.29, 0.717) is 5.76 Å². The molecule has 0 aliphatic heterocycles. The molecule has 0 heterocycles. The van der Waals surface area contributed by atoms with Crippen LogP contribution in [-0.4, -0.2) is 8.32 Å². The van der Waals surface area contributed by atoms with E-state index >= 15 is 0 Å². The summed E-state index contributed by atoms with van der Waals surface area (Å²) in [6.07, 6.45) is 5.19. The second kappa shape index (κ2) is 5.05. The summed E-state index contributed by atoms with van der Waals surface area (Å²) >= 11 is 0. The summed E-state index contributed by atoms with van der Waals surface area (Å²) in [4.78, 5) is 0. The highest BCUT2D eigenvalue weighted by Crippen LogP contribution is 2.23. The van der Waals surface area contributed by atoms with E-state index in [9.17, 15) is 0 Å². The largest absolute Gasteiger partial charge is 0.538 e. The molecule has 0 aromatic heterocycles. The van der Waals surface area contributed by atoms with Gasteiger partial charge < -0.3 is 4.43 Å². The summed E-state index contributed by atoms with van der Waals surface area (Å²) in [6, 6.07) is 3.34. The molecule has 0 radical (unpaired) electrons. The first-order chi connectivity index (χ1) is 5.64. The molecule has 0 unspecified atom stereocenters. The summed E-state index contributed by atoms with van der Waals surface area (Å²) in [7, 11) is -1.54. The van der Waals surface area contributed by atoms with Crippen LogP contribution in [0.1, 0.15) is 20.8 Å². The van der Waals surface area contributed by atoms with Crippen molar-refractivity contribution in [1.82, 2.24) is 0 Å². The van der Waals surface area contributed by atoms with Crippen molar-refractivity contribution in [3.8, 4) is 12.3 Å². The van der Waals surface area contributed by atoms with Crippen molar-refractivity contribution in [3.63, 3.8) is 0 Å². The molecule has 0 aromatic rings. The van der Waals surface area contributed by atoms with Gasteiger partial charge in [-0.1, -0.05) is 20.8 Å². The van der Waals surface area contributed by atoms with Gasteiger partial charge in [-0.05, 0) is 30.6 Å². The number of terminal acetylenes is 1. The zero-order valence-corrected chi connectivity index (χ0v) is 9.31. The summed E-state index contributed by atoms with van der Waals surface area (Å²) in [5.74, 6) is 2.95. The molecular formula is C10H18OSi. The molecule has 12 heavy (non-hydrogen) atoms. The second-order valence-electron chi connectivity index (χ2n) is 2.91. The van der Waals surface area contributed by atoms with Gasteiger partial charge in [-0.25, -0.2) is 0 Å².